The number of thioether (sulfide) groups is 1. The highest BCUT2D eigenvalue weighted by Crippen LogP contribution is 2.29. The molecule has 0 atom stereocenters. The van der Waals surface area contributed by atoms with E-state index in [0.717, 1.165) is 28.6 Å². The molecule has 1 aliphatic heterocycles. The third kappa shape index (κ3) is 3.55. The topological polar surface area (TPSA) is 25.4 Å². The van der Waals surface area contributed by atoms with E-state index in [1.807, 2.05) is 23.9 Å². The number of piperidine rings is 1. The molecule has 0 N–H and O–H groups in total. The molecule has 2 heterocycles. The van der Waals surface area contributed by atoms with Crippen molar-refractivity contribution in [2.24, 2.45) is 0 Å². The Morgan fingerprint density at radius 3 is 2.82 bits per heavy atom. The maximum absolute atomic E-state index is 5.46. The second-order valence-electron chi connectivity index (χ2n) is 5.88. The fraction of sp³-hybridized carbons (Fsp3) is 0.500. The molecule has 0 aliphatic carbocycles. The lowest BCUT2D eigenvalue weighted by Gasteiger charge is -2.26. The van der Waals surface area contributed by atoms with Gasteiger partial charge in [0.2, 0.25) is 0 Å². The van der Waals surface area contributed by atoms with E-state index < -0.39 is 0 Å². The van der Waals surface area contributed by atoms with Gasteiger partial charge in [-0.3, -0.25) is 0 Å². The summed E-state index contributed by atoms with van der Waals surface area (Å²) in [4.78, 5) is 7.38. The van der Waals surface area contributed by atoms with E-state index in [2.05, 4.69) is 24.0 Å². The number of aryl methyl sites for hydroxylation is 1. The molecule has 0 unspecified atom stereocenters. The number of pyridine rings is 1. The molecule has 1 aliphatic rings. The second kappa shape index (κ2) is 7.34. The molecule has 1 saturated heterocycles. The van der Waals surface area contributed by atoms with Gasteiger partial charge in [-0.15, -0.1) is 11.8 Å². The summed E-state index contributed by atoms with van der Waals surface area (Å²) in [5.41, 5.74) is 2.25. The molecule has 3 nitrogen and oxygen atoms in total. The first-order valence-electron chi connectivity index (χ1n) is 8.07. The summed E-state index contributed by atoms with van der Waals surface area (Å²) in [6.07, 6.45) is 4.11. The lowest BCUT2D eigenvalue weighted by molar-refractivity contribution is 0.242. The van der Waals surface area contributed by atoms with Crippen LogP contribution in [0, 0.1) is 6.92 Å². The van der Waals surface area contributed by atoms with Gasteiger partial charge in [0, 0.05) is 17.7 Å². The summed E-state index contributed by atoms with van der Waals surface area (Å²) in [6, 6.07) is 8.32. The van der Waals surface area contributed by atoms with Crippen molar-refractivity contribution in [1.82, 2.24) is 9.88 Å². The zero-order chi connectivity index (χ0) is 15.4. The van der Waals surface area contributed by atoms with Crippen LogP contribution in [-0.4, -0.2) is 42.4 Å². The van der Waals surface area contributed by atoms with E-state index in [0.29, 0.717) is 0 Å². The van der Waals surface area contributed by atoms with Gasteiger partial charge >= 0.3 is 0 Å². The molecule has 4 heteroatoms. The summed E-state index contributed by atoms with van der Waals surface area (Å²) < 4.78 is 5.46. The van der Waals surface area contributed by atoms with E-state index in [1.54, 1.807) is 7.11 Å². The van der Waals surface area contributed by atoms with E-state index >= 15 is 0 Å². The SMILES string of the molecule is COc1cccc2c(C)cc(SCCN3CCCCC3)nc12. The molecular formula is C18H24N2OS. The number of fused-ring (bicyclic) bond motifs is 1. The number of hydrogen-bond acceptors (Lipinski definition) is 4. The third-order valence-corrected chi connectivity index (χ3v) is 5.20. The second-order valence-corrected chi connectivity index (χ2v) is 7.00. The lowest BCUT2D eigenvalue weighted by atomic mass is 10.1. The largest absolute Gasteiger partial charge is 0.494 e. The summed E-state index contributed by atoms with van der Waals surface area (Å²) in [5, 5.41) is 2.28. The molecule has 1 aromatic heterocycles. The van der Waals surface area contributed by atoms with E-state index in [4.69, 9.17) is 9.72 Å². The predicted molar refractivity (Wildman–Crippen MR) is 94.0 cm³/mol. The molecule has 0 radical (unpaired) electrons. The van der Waals surface area contributed by atoms with Crippen LogP contribution >= 0.6 is 11.8 Å². The van der Waals surface area contributed by atoms with Crippen molar-refractivity contribution in [2.75, 3.05) is 32.5 Å². The maximum Gasteiger partial charge on any atom is 0.145 e. The van der Waals surface area contributed by atoms with Crippen LogP contribution in [0.4, 0.5) is 0 Å². The van der Waals surface area contributed by atoms with Crippen molar-refractivity contribution in [1.29, 1.82) is 0 Å². The fourth-order valence-electron chi connectivity index (χ4n) is 3.06. The Labute approximate surface area is 137 Å². The van der Waals surface area contributed by atoms with Gasteiger partial charge in [0.25, 0.3) is 0 Å². The predicted octanol–water partition coefficient (Wildman–Crippen LogP) is 4.13. The maximum atomic E-state index is 5.46. The quantitative estimate of drug-likeness (QED) is 0.775. The molecule has 3 rings (SSSR count). The minimum absolute atomic E-state index is 0.860. The summed E-state index contributed by atoms with van der Waals surface area (Å²) in [7, 11) is 1.71. The Bertz CT molecular complexity index is 638. The number of benzene rings is 1. The molecule has 0 spiro atoms. The van der Waals surface area contributed by atoms with Crippen LogP contribution in [0.15, 0.2) is 29.3 Å². The Kier molecular flexibility index (Phi) is 5.21. The highest BCUT2D eigenvalue weighted by Gasteiger charge is 2.11. The number of nitrogens with zero attached hydrogens (tertiary/aromatic N) is 2. The molecule has 2 aromatic rings. The van der Waals surface area contributed by atoms with Gasteiger partial charge in [-0.25, -0.2) is 4.98 Å². The number of methoxy groups -OCH3 is 1. The first-order valence-corrected chi connectivity index (χ1v) is 9.06. The standard InChI is InChI=1S/C18H24N2OS/c1-14-13-17(22-12-11-20-9-4-3-5-10-20)19-18-15(14)7-6-8-16(18)21-2/h6-8,13H,3-5,9-12H2,1-2H3. The van der Waals surface area contributed by atoms with Gasteiger partial charge in [0.05, 0.1) is 12.1 Å². The molecule has 22 heavy (non-hydrogen) atoms. The summed E-state index contributed by atoms with van der Waals surface area (Å²) in [5.74, 6) is 1.96. The van der Waals surface area contributed by atoms with Crippen molar-refractivity contribution in [3.8, 4) is 5.75 Å². The normalized spacial score (nSPS) is 16.1. The zero-order valence-electron chi connectivity index (χ0n) is 13.5. The van der Waals surface area contributed by atoms with Crippen molar-refractivity contribution >= 4 is 22.7 Å². The van der Waals surface area contributed by atoms with Crippen molar-refractivity contribution in [3.63, 3.8) is 0 Å². The molecule has 118 valence electrons. The van der Waals surface area contributed by atoms with Crippen LogP contribution in [0.25, 0.3) is 10.9 Å². The first-order chi connectivity index (χ1) is 10.8. The molecule has 0 amide bonds. The van der Waals surface area contributed by atoms with Gasteiger partial charge < -0.3 is 9.64 Å². The van der Waals surface area contributed by atoms with Gasteiger partial charge in [0.1, 0.15) is 11.3 Å². The van der Waals surface area contributed by atoms with Crippen molar-refractivity contribution in [3.05, 3.63) is 29.8 Å². The van der Waals surface area contributed by atoms with Gasteiger partial charge in [-0.2, -0.15) is 0 Å². The van der Waals surface area contributed by atoms with Crippen LogP contribution in [0.2, 0.25) is 0 Å². The first kappa shape index (κ1) is 15.6. The van der Waals surface area contributed by atoms with E-state index in [1.165, 1.54) is 43.3 Å². The summed E-state index contributed by atoms with van der Waals surface area (Å²) >= 11 is 1.85. The average molecular weight is 316 g/mol. The minimum Gasteiger partial charge on any atom is -0.494 e. The molecule has 0 bridgehead atoms. The fourth-order valence-corrected chi connectivity index (χ4v) is 4.04. The molecule has 1 fully saturated rings. The minimum atomic E-state index is 0.860. The number of rotatable bonds is 5. The van der Waals surface area contributed by atoms with Gasteiger partial charge in [-0.1, -0.05) is 18.6 Å². The van der Waals surface area contributed by atoms with E-state index in [-0.39, 0.29) is 0 Å². The Balaban J connectivity index is 1.71. The molecular weight excluding hydrogens is 292 g/mol. The third-order valence-electron chi connectivity index (χ3n) is 4.31. The smallest absolute Gasteiger partial charge is 0.145 e. The highest BCUT2D eigenvalue weighted by molar-refractivity contribution is 7.99. The Morgan fingerprint density at radius 2 is 2.05 bits per heavy atom. The van der Waals surface area contributed by atoms with Crippen LogP contribution < -0.4 is 4.74 Å². The molecule has 0 saturated carbocycles. The average Bonchev–Trinajstić information content (AvgIpc) is 2.55. The number of likely N-dealkylation sites (tertiary alicyclic amines) is 1. The van der Waals surface area contributed by atoms with Crippen LogP contribution in [0.5, 0.6) is 5.75 Å². The number of hydrogen-bond donors (Lipinski definition) is 0. The van der Waals surface area contributed by atoms with Gasteiger partial charge in [-0.05, 0) is 50.6 Å². The highest BCUT2D eigenvalue weighted by atomic mass is 32.2. The lowest BCUT2D eigenvalue weighted by Crippen LogP contribution is -2.31. The van der Waals surface area contributed by atoms with Crippen LogP contribution in [0.3, 0.4) is 0 Å². The summed E-state index contributed by atoms with van der Waals surface area (Å²) in [6.45, 7) is 5.84. The Morgan fingerprint density at radius 1 is 1.23 bits per heavy atom. The van der Waals surface area contributed by atoms with Crippen molar-refractivity contribution < 1.29 is 4.74 Å². The molecule has 1 aromatic carbocycles. The number of aromatic nitrogens is 1. The zero-order valence-corrected chi connectivity index (χ0v) is 14.3. The number of para-hydroxylation sites is 1. The van der Waals surface area contributed by atoms with E-state index in [9.17, 15) is 0 Å². The Hall–Kier alpha value is -1.26. The van der Waals surface area contributed by atoms with Crippen LogP contribution in [0.1, 0.15) is 24.8 Å². The van der Waals surface area contributed by atoms with Crippen LogP contribution in [-0.2, 0) is 0 Å². The van der Waals surface area contributed by atoms with Crippen molar-refractivity contribution in [2.45, 2.75) is 31.2 Å². The number of ether oxygens (including phenoxy) is 1. The monoisotopic (exact) mass is 316 g/mol. The van der Waals surface area contributed by atoms with Gasteiger partial charge in [0.15, 0.2) is 0 Å².